The van der Waals surface area contributed by atoms with Gasteiger partial charge in [-0.15, -0.1) is 0 Å². The van der Waals surface area contributed by atoms with E-state index in [1.807, 2.05) is 0 Å². The molecule has 1 heterocycles. The Morgan fingerprint density at radius 2 is 2.05 bits per heavy atom. The van der Waals surface area contributed by atoms with E-state index in [1.165, 1.54) is 29.2 Å². The largest absolute Gasteiger partial charge is 0.465 e. The fourth-order valence-electron chi connectivity index (χ4n) is 2.21. The Balaban J connectivity index is 1.87. The number of benzene rings is 1. The molecule has 0 saturated carbocycles. The van der Waals surface area contributed by atoms with E-state index in [4.69, 9.17) is 9.84 Å². The van der Waals surface area contributed by atoms with E-state index in [1.54, 1.807) is 0 Å². The van der Waals surface area contributed by atoms with Gasteiger partial charge in [0.2, 0.25) is 0 Å². The summed E-state index contributed by atoms with van der Waals surface area (Å²) in [6, 6.07) is 4.80. The molecule has 9 heteroatoms. The van der Waals surface area contributed by atoms with Gasteiger partial charge in [-0.1, -0.05) is 0 Å². The fraction of sp³-hybridized carbons (Fsp3) is 0.385. The number of nitrogens with one attached hydrogen (secondary N) is 1. The zero-order chi connectivity index (χ0) is 16.1. The Bertz CT molecular complexity index is 574. The van der Waals surface area contributed by atoms with Crippen molar-refractivity contribution in [3.05, 3.63) is 34.4 Å². The van der Waals surface area contributed by atoms with Crippen molar-refractivity contribution in [2.24, 2.45) is 0 Å². The summed E-state index contributed by atoms with van der Waals surface area (Å²) in [7, 11) is 0. The van der Waals surface area contributed by atoms with Crippen molar-refractivity contribution in [2.75, 3.05) is 13.1 Å². The number of nitrogens with zero attached hydrogens (tertiary/aromatic N) is 2. The maximum Gasteiger partial charge on any atom is 0.412 e. The highest BCUT2D eigenvalue weighted by Crippen LogP contribution is 2.17. The van der Waals surface area contributed by atoms with Gasteiger partial charge in [0, 0.05) is 31.3 Å². The number of rotatable bonds is 3. The number of nitro groups is 1. The van der Waals surface area contributed by atoms with E-state index >= 15 is 0 Å². The smallest absolute Gasteiger partial charge is 0.412 e. The van der Waals surface area contributed by atoms with Gasteiger partial charge in [0.05, 0.1) is 4.92 Å². The molecule has 0 aliphatic carbocycles. The zero-order valence-corrected chi connectivity index (χ0v) is 11.6. The monoisotopic (exact) mass is 309 g/mol. The second kappa shape index (κ2) is 6.74. The van der Waals surface area contributed by atoms with Crippen LogP contribution < -0.4 is 10.1 Å². The maximum atomic E-state index is 11.7. The summed E-state index contributed by atoms with van der Waals surface area (Å²) in [4.78, 5) is 33.8. The lowest BCUT2D eigenvalue weighted by Crippen LogP contribution is -2.49. The minimum Gasteiger partial charge on any atom is -0.465 e. The lowest BCUT2D eigenvalue weighted by molar-refractivity contribution is -0.384. The Morgan fingerprint density at radius 1 is 1.36 bits per heavy atom. The van der Waals surface area contributed by atoms with Gasteiger partial charge in [-0.05, 0) is 25.0 Å². The van der Waals surface area contributed by atoms with Crippen LogP contribution in [0.25, 0.3) is 0 Å². The van der Waals surface area contributed by atoms with Crippen LogP contribution in [0, 0.1) is 10.1 Å². The normalized spacial score (nSPS) is 17.6. The predicted octanol–water partition coefficient (Wildman–Crippen LogP) is 1.83. The quantitative estimate of drug-likeness (QED) is 0.648. The summed E-state index contributed by atoms with van der Waals surface area (Å²) in [5.74, 6) is 0.175. The molecule has 1 aromatic carbocycles. The first-order chi connectivity index (χ1) is 10.5. The van der Waals surface area contributed by atoms with Crippen LogP contribution in [0.2, 0.25) is 0 Å². The Kier molecular flexibility index (Phi) is 4.77. The Hall–Kier alpha value is -2.84. The molecule has 118 valence electrons. The molecule has 1 aliphatic heterocycles. The topological polar surface area (TPSA) is 122 Å². The van der Waals surface area contributed by atoms with Crippen molar-refractivity contribution in [1.82, 2.24) is 10.2 Å². The molecule has 1 unspecified atom stereocenters. The third kappa shape index (κ3) is 4.08. The highest BCUT2D eigenvalue weighted by molar-refractivity contribution is 5.71. The van der Waals surface area contributed by atoms with Crippen LogP contribution in [-0.4, -0.2) is 46.2 Å². The number of carbonyl (C=O) groups excluding carboxylic acids is 1. The van der Waals surface area contributed by atoms with Crippen LogP contribution >= 0.6 is 0 Å². The summed E-state index contributed by atoms with van der Waals surface area (Å²) < 4.78 is 5.01. The van der Waals surface area contributed by atoms with Gasteiger partial charge in [0.25, 0.3) is 5.69 Å². The van der Waals surface area contributed by atoms with Crippen LogP contribution in [0.15, 0.2) is 24.3 Å². The number of carboxylic acid groups (broad SMARTS) is 1. The predicted molar refractivity (Wildman–Crippen MR) is 74.9 cm³/mol. The number of hydrogen-bond donors (Lipinski definition) is 2. The molecule has 0 radical (unpaired) electrons. The second-order valence-corrected chi connectivity index (χ2v) is 4.85. The van der Waals surface area contributed by atoms with E-state index in [2.05, 4.69) is 5.32 Å². The molecule has 22 heavy (non-hydrogen) atoms. The molecule has 1 atom stereocenters. The first kappa shape index (κ1) is 15.5. The van der Waals surface area contributed by atoms with Gasteiger partial charge in [0.1, 0.15) is 5.75 Å². The molecule has 1 aromatic rings. The molecule has 2 amide bonds. The number of piperidine rings is 1. The fourth-order valence-corrected chi connectivity index (χ4v) is 2.21. The molecule has 0 aromatic heterocycles. The molecule has 2 rings (SSSR count). The average molecular weight is 309 g/mol. The van der Waals surface area contributed by atoms with Crippen molar-refractivity contribution >= 4 is 17.9 Å². The second-order valence-electron chi connectivity index (χ2n) is 4.85. The zero-order valence-electron chi connectivity index (χ0n) is 11.6. The van der Waals surface area contributed by atoms with Crippen molar-refractivity contribution in [3.63, 3.8) is 0 Å². The summed E-state index contributed by atoms with van der Waals surface area (Å²) >= 11 is 0. The van der Waals surface area contributed by atoms with Crippen LogP contribution in [-0.2, 0) is 0 Å². The Morgan fingerprint density at radius 3 is 2.64 bits per heavy atom. The Labute approximate surface area is 125 Å². The van der Waals surface area contributed by atoms with Crippen LogP contribution in [0.5, 0.6) is 5.75 Å². The standard InChI is InChI=1S/C13H15N3O6/c17-12(14-9-2-1-7-15(8-9)13(18)19)22-11-5-3-10(4-6-11)16(20)21/h3-6,9H,1-2,7-8H2,(H,14,17)(H,18,19). The van der Waals surface area contributed by atoms with Gasteiger partial charge < -0.3 is 20.1 Å². The SMILES string of the molecule is O=C(NC1CCCN(C(=O)O)C1)Oc1ccc([N+](=O)[O-])cc1. The third-order valence-corrected chi connectivity index (χ3v) is 3.27. The molecule has 1 saturated heterocycles. The van der Waals surface area contributed by atoms with Gasteiger partial charge >= 0.3 is 12.2 Å². The lowest BCUT2D eigenvalue weighted by Gasteiger charge is -2.30. The van der Waals surface area contributed by atoms with Crippen molar-refractivity contribution in [2.45, 2.75) is 18.9 Å². The highest BCUT2D eigenvalue weighted by Gasteiger charge is 2.24. The van der Waals surface area contributed by atoms with E-state index in [9.17, 15) is 19.7 Å². The minimum atomic E-state index is -1.02. The van der Waals surface area contributed by atoms with Crippen molar-refractivity contribution in [1.29, 1.82) is 0 Å². The summed E-state index contributed by atoms with van der Waals surface area (Å²) in [5, 5.41) is 22.0. The number of nitro benzene ring substituents is 1. The van der Waals surface area contributed by atoms with E-state index in [-0.39, 0.29) is 24.0 Å². The van der Waals surface area contributed by atoms with Crippen molar-refractivity contribution in [3.8, 4) is 5.75 Å². The number of non-ortho nitro benzene ring substituents is 1. The lowest BCUT2D eigenvalue weighted by atomic mass is 10.1. The number of ether oxygens (including phenoxy) is 1. The van der Waals surface area contributed by atoms with Gasteiger partial charge in [-0.25, -0.2) is 9.59 Å². The third-order valence-electron chi connectivity index (χ3n) is 3.27. The van der Waals surface area contributed by atoms with E-state index < -0.39 is 17.1 Å². The van der Waals surface area contributed by atoms with E-state index in [0.29, 0.717) is 19.4 Å². The number of amides is 2. The molecule has 0 bridgehead atoms. The van der Waals surface area contributed by atoms with Gasteiger partial charge in [-0.2, -0.15) is 0 Å². The van der Waals surface area contributed by atoms with Crippen LogP contribution in [0.4, 0.5) is 15.3 Å². The van der Waals surface area contributed by atoms with Crippen molar-refractivity contribution < 1.29 is 24.4 Å². The molecule has 0 spiro atoms. The first-order valence-corrected chi connectivity index (χ1v) is 6.66. The maximum absolute atomic E-state index is 11.7. The number of carbonyl (C=O) groups is 2. The van der Waals surface area contributed by atoms with Crippen LogP contribution in [0.1, 0.15) is 12.8 Å². The first-order valence-electron chi connectivity index (χ1n) is 6.66. The molecule has 1 fully saturated rings. The summed E-state index contributed by atoms with van der Waals surface area (Å²) in [6.07, 6.45) is -0.408. The molecule has 2 N–H and O–H groups in total. The summed E-state index contributed by atoms with van der Waals surface area (Å²) in [6.45, 7) is 0.662. The van der Waals surface area contributed by atoms with Gasteiger partial charge in [-0.3, -0.25) is 10.1 Å². The minimum absolute atomic E-state index is 0.0999. The number of hydrogen-bond acceptors (Lipinski definition) is 5. The molecular weight excluding hydrogens is 294 g/mol. The van der Waals surface area contributed by atoms with Crippen LogP contribution in [0.3, 0.4) is 0 Å². The van der Waals surface area contributed by atoms with E-state index in [0.717, 1.165) is 0 Å². The number of likely N-dealkylation sites (tertiary alicyclic amines) is 1. The van der Waals surface area contributed by atoms with Gasteiger partial charge in [0.15, 0.2) is 0 Å². The summed E-state index contributed by atoms with van der Waals surface area (Å²) in [5.41, 5.74) is -0.0999. The highest BCUT2D eigenvalue weighted by atomic mass is 16.6. The molecular formula is C13H15N3O6. The average Bonchev–Trinajstić information content (AvgIpc) is 2.47. The molecule has 1 aliphatic rings. The molecule has 9 nitrogen and oxygen atoms in total.